The summed E-state index contributed by atoms with van der Waals surface area (Å²) in [4.78, 5) is 12.9. The molecule has 1 fully saturated rings. The molecule has 0 atom stereocenters. The highest BCUT2D eigenvalue weighted by Gasteiger charge is 2.26. The molecule has 1 saturated heterocycles. The van der Waals surface area contributed by atoms with Crippen molar-refractivity contribution in [1.82, 2.24) is 8.61 Å². The van der Waals surface area contributed by atoms with Crippen LogP contribution in [0.5, 0.6) is 0 Å². The number of anilines is 1. The zero-order valence-electron chi connectivity index (χ0n) is 17.8. The second-order valence-electron chi connectivity index (χ2n) is 7.71. The van der Waals surface area contributed by atoms with Gasteiger partial charge in [-0.1, -0.05) is 12.5 Å². The summed E-state index contributed by atoms with van der Waals surface area (Å²) in [7, 11) is -4.33. The summed E-state index contributed by atoms with van der Waals surface area (Å²) >= 11 is 0. The fourth-order valence-corrected chi connectivity index (χ4v) is 6.05. The Morgan fingerprint density at radius 3 is 2.13 bits per heavy atom. The van der Waals surface area contributed by atoms with Crippen molar-refractivity contribution in [2.24, 2.45) is 0 Å². The summed E-state index contributed by atoms with van der Waals surface area (Å²) in [6.45, 7) is 2.70. The molecule has 168 valence electrons. The fraction of sp³-hybridized carbons (Fsp3) is 0.381. The Bertz CT molecular complexity index is 1170. The maximum atomic E-state index is 12.7. The van der Waals surface area contributed by atoms with E-state index in [4.69, 9.17) is 0 Å². The lowest BCUT2D eigenvalue weighted by Gasteiger charge is -2.25. The molecule has 0 bridgehead atoms. The van der Waals surface area contributed by atoms with Gasteiger partial charge in [0.25, 0.3) is 5.91 Å². The lowest BCUT2D eigenvalue weighted by molar-refractivity contribution is 0.102. The SMILES string of the molecule is Cc1ccc(NC(=O)c2ccc(S(=O)(=O)N3CCCCC3)cc2)cc1S(=O)(=O)N(C)C. The zero-order chi connectivity index (χ0) is 22.8. The Balaban J connectivity index is 1.79. The second kappa shape index (κ2) is 9.07. The van der Waals surface area contributed by atoms with Gasteiger partial charge in [-0.2, -0.15) is 4.31 Å². The number of sulfonamides is 2. The van der Waals surface area contributed by atoms with Crippen molar-refractivity contribution in [2.45, 2.75) is 36.0 Å². The molecule has 0 aliphatic carbocycles. The quantitative estimate of drug-likeness (QED) is 0.706. The molecular formula is C21H27N3O5S2. The largest absolute Gasteiger partial charge is 0.322 e. The van der Waals surface area contributed by atoms with E-state index in [1.807, 2.05) is 0 Å². The Morgan fingerprint density at radius 1 is 0.935 bits per heavy atom. The average molecular weight is 466 g/mol. The zero-order valence-corrected chi connectivity index (χ0v) is 19.5. The van der Waals surface area contributed by atoms with E-state index in [0.717, 1.165) is 23.6 Å². The van der Waals surface area contributed by atoms with Crippen LogP contribution in [0.1, 0.15) is 35.2 Å². The van der Waals surface area contributed by atoms with Crippen LogP contribution in [0.3, 0.4) is 0 Å². The highest BCUT2D eigenvalue weighted by Crippen LogP contribution is 2.24. The molecule has 0 aromatic heterocycles. The van der Waals surface area contributed by atoms with E-state index < -0.39 is 26.0 Å². The van der Waals surface area contributed by atoms with E-state index in [0.29, 0.717) is 24.3 Å². The first-order valence-corrected chi connectivity index (χ1v) is 12.9. The van der Waals surface area contributed by atoms with E-state index in [1.165, 1.54) is 48.7 Å². The first kappa shape index (κ1) is 23.4. The smallest absolute Gasteiger partial charge is 0.255 e. The third kappa shape index (κ3) is 4.98. The van der Waals surface area contributed by atoms with Gasteiger partial charge in [0.1, 0.15) is 0 Å². The van der Waals surface area contributed by atoms with E-state index in [9.17, 15) is 21.6 Å². The van der Waals surface area contributed by atoms with Crippen LogP contribution in [0.4, 0.5) is 5.69 Å². The van der Waals surface area contributed by atoms with Crippen LogP contribution in [-0.4, -0.2) is 58.5 Å². The van der Waals surface area contributed by atoms with Crippen LogP contribution in [0.25, 0.3) is 0 Å². The minimum Gasteiger partial charge on any atom is -0.322 e. The van der Waals surface area contributed by atoms with Crippen LogP contribution in [0.15, 0.2) is 52.3 Å². The van der Waals surface area contributed by atoms with Gasteiger partial charge in [-0.25, -0.2) is 21.1 Å². The molecule has 1 N–H and O–H groups in total. The standard InChI is InChI=1S/C21H27N3O5S2/c1-16-7-10-18(15-20(16)31(28,29)23(2)3)22-21(25)17-8-11-19(12-9-17)30(26,27)24-13-5-4-6-14-24/h7-12,15H,4-6,13-14H2,1-3H3,(H,22,25). The molecule has 0 radical (unpaired) electrons. The van der Waals surface area contributed by atoms with E-state index in [2.05, 4.69) is 5.32 Å². The maximum absolute atomic E-state index is 12.7. The molecule has 2 aromatic rings. The Morgan fingerprint density at radius 2 is 1.55 bits per heavy atom. The number of benzene rings is 2. The Kier molecular flexibility index (Phi) is 6.85. The van der Waals surface area contributed by atoms with Gasteiger partial charge in [0.05, 0.1) is 9.79 Å². The van der Waals surface area contributed by atoms with Crippen LogP contribution < -0.4 is 5.32 Å². The molecule has 31 heavy (non-hydrogen) atoms. The van der Waals surface area contributed by atoms with E-state index >= 15 is 0 Å². The van der Waals surface area contributed by atoms with Crippen LogP contribution in [0.2, 0.25) is 0 Å². The lowest BCUT2D eigenvalue weighted by atomic mass is 10.2. The first-order chi connectivity index (χ1) is 14.5. The number of rotatable bonds is 6. The molecule has 2 aromatic carbocycles. The highest BCUT2D eigenvalue weighted by atomic mass is 32.2. The normalized spacial score (nSPS) is 15.7. The number of hydrogen-bond acceptors (Lipinski definition) is 5. The first-order valence-electron chi connectivity index (χ1n) is 9.98. The van der Waals surface area contributed by atoms with Crippen molar-refractivity contribution in [1.29, 1.82) is 0 Å². The van der Waals surface area contributed by atoms with E-state index in [-0.39, 0.29) is 15.4 Å². The summed E-state index contributed by atoms with van der Waals surface area (Å²) < 4.78 is 53.0. The Labute approximate surface area is 184 Å². The third-order valence-electron chi connectivity index (χ3n) is 5.27. The minimum atomic E-state index is -3.65. The molecule has 1 aliphatic rings. The summed E-state index contributed by atoms with van der Waals surface area (Å²) in [5.74, 6) is -0.459. The van der Waals surface area contributed by atoms with Crippen molar-refractivity contribution in [3.63, 3.8) is 0 Å². The monoisotopic (exact) mass is 465 g/mol. The highest BCUT2D eigenvalue weighted by molar-refractivity contribution is 7.89. The van der Waals surface area contributed by atoms with Gasteiger partial charge >= 0.3 is 0 Å². The van der Waals surface area contributed by atoms with Crippen molar-refractivity contribution in [3.8, 4) is 0 Å². The van der Waals surface area contributed by atoms with Crippen molar-refractivity contribution < 1.29 is 21.6 Å². The molecule has 3 rings (SSSR count). The molecule has 1 aliphatic heterocycles. The topological polar surface area (TPSA) is 104 Å². The number of carbonyl (C=O) groups excluding carboxylic acids is 1. The predicted molar refractivity (Wildman–Crippen MR) is 119 cm³/mol. The van der Waals surface area contributed by atoms with Gasteiger partial charge < -0.3 is 5.32 Å². The predicted octanol–water partition coefficient (Wildman–Crippen LogP) is 2.67. The van der Waals surface area contributed by atoms with Gasteiger partial charge in [0.15, 0.2) is 0 Å². The number of nitrogens with zero attached hydrogens (tertiary/aromatic N) is 2. The van der Waals surface area contributed by atoms with Crippen LogP contribution in [0, 0.1) is 6.92 Å². The number of amides is 1. The van der Waals surface area contributed by atoms with Gasteiger partial charge in [0, 0.05) is 38.4 Å². The number of carbonyl (C=O) groups is 1. The van der Waals surface area contributed by atoms with E-state index in [1.54, 1.807) is 19.1 Å². The molecular weight excluding hydrogens is 438 g/mol. The van der Waals surface area contributed by atoms with Gasteiger partial charge in [-0.15, -0.1) is 0 Å². The number of hydrogen-bond donors (Lipinski definition) is 1. The molecule has 1 amide bonds. The average Bonchev–Trinajstić information content (AvgIpc) is 2.75. The maximum Gasteiger partial charge on any atom is 0.255 e. The summed E-state index contributed by atoms with van der Waals surface area (Å²) in [5, 5.41) is 2.68. The van der Waals surface area contributed by atoms with Gasteiger partial charge in [-0.05, 0) is 61.7 Å². The summed E-state index contributed by atoms with van der Waals surface area (Å²) in [6, 6.07) is 10.4. The molecule has 10 heteroatoms. The van der Waals surface area contributed by atoms with Crippen molar-refractivity contribution in [2.75, 3.05) is 32.5 Å². The molecule has 0 saturated carbocycles. The van der Waals surface area contributed by atoms with Gasteiger partial charge in [-0.3, -0.25) is 4.79 Å². The number of nitrogens with one attached hydrogen (secondary N) is 1. The second-order valence-corrected chi connectivity index (χ2v) is 11.8. The Hall–Kier alpha value is -2.27. The summed E-state index contributed by atoms with van der Waals surface area (Å²) in [6.07, 6.45) is 2.73. The van der Waals surface area contributed by atoms with Crippen molar-refractivity contribution in [3.05, 3.63) is 53.6 Å². The number of aryl methyl sites for hydroxylation is 1. The molecule has 0 unspecified atom stereocenters. The van der Waals surface area contributed by atoms with Crippen molar-refractivity contribution >= 4 is 31.6 Å². The third-order valence-corrected chi connectivity index (χ3v) is 9.14. The summed E-state index contributed by atoms with van der Waals surface area (Å²) in [5.41, 5.74) is 1.18. The van der Waals surface area contributed by atoms with Crippen LogP contribution >= 0.6 is 0 Å². The lowest BCUT2D eigenvalue weighted by Crippen LogP contribution is -2.35. The minimum absolute atomic E-state index is 0.110. The number of piperidine rings is 1. The molecule has 0 spiro atoms. The molecule has 1 heterocycles. The molecule has 8 nitrogen and oxygen atoms in total. The fourth-order valence-electron chi connectivity index (χ4n) is 3.39. The van der Waals surface area contributed by atoms with Gasteiger partial charge in [0.2, 0.25) is 20.0 Å². The van der Waals surface area contributed by atoms with Crippen LogP contribution in [-0.2, 0) is 20.0 Å².